The van der Waals surface area contributed by atoms with Gasteiger partial charge in [-0.05, 0) is 0 Å². The summed E-state index contributed by atoms with van der Waals surface area (Å²) in [7, 11) is 0. The third-order valence-corrected chi connectivity index (χ3v) is 4.71. The smallest absolute Gasteiger partial charge is 0.273 e. The number of likely N-dealkylation sites (tertiary alicyclic amines) is 1. The minimum absolute atomic E-state index is 0.00511. The number of thiazole rings is 1. The van der Waals surface area contributed by atoms with Crippen LogP contribution in [0.2, 0.25) is 0 Å². The Morgan fingerprint density at radius 1 is 1.45 bits per heavy atom. The molecule has 0 atom stereocenters. The van der Waals surface area contributed by atoms with Crippen molar-refractivity contribution in [3.8, 4) is 0 Å². The normalized spacial score (nSPS) is 16.2. The molecule has 0 aliphatic carbocycles. The highest BCUT2D eigenvalue weighted by atomic mass is 32.1. The van der Waals surface area contributed by atoms with Crippen molar-refractivity contribution in [1.29, 1.82) is 0 Å². The number of imidazole rings is 1. The van der Waals surface area contributed by atoms with Gasteiger partial charge in [0.1, 0.15) is 11.5 Å². The van der Waals surface area contributed by atoms with Crippen LogP contribution in [0.4, 0.5) is 0 Å². The van der Waals surface area contributed by atoms with Gasteiger partial charge in [0.25, 0.3) is 5.91 Å². The van der Waals surface area contributed by atoms with E-state index in [2.05, 4.69) is 35.7 Å². The van der Waals surface area contributed by atoms with Crippen molar-refractivity contribution >= 4 is 17.2 Å². The molecular formula is C14H18N4OS. The summed E-state index contributed by atoms with van der Waals surface area (Å²) in [6.07, 6.45) is 3.56. The lowest BCUT2D eigenvalue weighted by Gasteiger charge is -2.37. The fourth-order valence-electron chi connectivity index (χ4n) is 2.20. The summed E-state index contributed by atoms with van der Waals surface area (Å²) in [6, 6.07) is 0. The number of nitrogens with one attached hydrogen (secondary N) is 1. The number of aromatic nitrogens is 3. The minimum atomic E-state index is -0.00511. The third kappa shape index (κ3) is 2.35. The van der Waals surface area contributed by atoms with Gasteiger partial charge >= 0.3 is 0 Å². The van der Waals surface area contributed by atoms with E-state index in [0.717, 1.165) is 10.8 Å². The summed E-state index contributed by atoms with van der Waals surface area (Å²) >= 11 is 1.56. The van der Waals surface area contributed by atoms with Crippen LogP contribution in [0.25, 0.3) is 0 Å². The van der Waals surface area contributed by atoms with E-state index in [9.17, 15) is 4.79 Å². The molecule has 106 valence electrons. The van der Waals surface area contributed by atoms with E-state index in [1.54, 1.807) is 17.5 Å². The van der Waals surface area contributed by atoms with Crippen molar-refractivity contribution in [2.45, 2.75) is 32.1 Å². The van der Waals surface area contributed by atoms with E-state index in [4.69, 9.17) is 0 Å². The predicted molar refractivity (Wildman–Crippen MR) is 78.0 cm³/mol. The Morgan fingerprint density at radius 3 is 2.75 bits per heavy atom. The van der Waals surface area contributed by atoms with Crippen LogP contribution in [0, 0.1) is 0 Å². The molecule has 0 bridgehead atoms. The van der Waals surface area contributed by atoms with Crippen molar-refractivity contribution < 1.29 is 4.79 Å². The zero-order chi connectivity index (χ0) is 14.3. The van der Waals surface area contributed by atoms with Gasteiger partial charge in [-0.1, -0.05) is 20.8 Å². The Kier molecular flexibility index (Phi) is 3.12. The largest absolute Gasteiger partial charge is 0.348 e. The first-order valence-electron chi connectivity index (χ1n) is 6.69. The van der Waals surface area contributed by atoms with Crippen LogP contribution in [0.15, 0.2) is 17.8 Å². The molecule has 0 unspecified atom stereocenters. The van der Waals surface area contributed by atoms with Crippen molar-refractivity contribution in [2.24, 2.45) is 0 Å². The number of amides is 1. The molecule has 1 amide bonds. The number of carbonyl (C=O) groups excluding carboxylic acids is 1. The summed E-state index contributed by atoms with van der Waals surface area (Å²) < 4.78 is 0. The molecule has 1 aliphatic rings. The maximum absolute atomic E-state index is 12.3. The third-order valence-electron chi connectivity index (χ3n) is 3.44. The molecule has 3 rings (SSSR count). The van der Waals surface area contributed by atoms with Gasteiger partial charge < -0.3 is 9.88 Å². The summed E-state index contributed by atoms with van der Waals surface area (Å²) in [5.74, 6) is 1.32. The first kappa shape index (κ1) is 13.3. The van der Waals surface area contributed by atoms with E-state index in [0.29, 0.717) is 24.7 Å². The van der Waals surface area contributed by atoms with Crippen LogP contribution in [0.3, 0.4) is 0 Å². The second kappa shape index (κ2) is 4.70. The quantitative estimate of drug-likeness (QED) is 0.924. The van der Waals surface area contributed by atoms with E-state index in [1.165, 1.54) is 0 Å². The highest BCUT2D eigenvalue weighted by Gasteiger charge is 2.35. The number of rotatable bonds is 2. The highest BCUT2D eigenvalue weighted by molar-refractivity contribution is 7.10. The first-order chi connectivity index (χ1) is 9.45. The molecule has 0 saturated carbocycles. The van der Waals surface area contributed by atoms with Gasteiger partial charge in [-0.2, -0.15) is 0 Å². The second-order valence-corrected chi connectivity index (χ2v) is 7.03. The average Bonchev–Trinajstić information content (AvgIpc) is 2.97. The molecule has 6 heteroatoms. The van der Waals surface area contributed by atoms with E-state index in [1.807, 2.05) is 16.5 Å². The lowest BCUT2D eigenvalue weighted by Crippen LogP contribution is -2.48. The SMILES string of the molecule is CC(C)(C)c1nc(C(=O)N2CC(c3ncc[nH]3)C2)cs1. The Morgan fingerprint density at radius 2 is 2.20 bits per heavy atom. The fraction of sp³-hybridized carbons (Fsp3) is 0.500. The van der Waals surface area contributed by atoms with Gasteiger partial charge in [-0.15, -0.1) is 11.3 Å². The molecule has 1 N–H and O–H groups in total. The van der Waals surface area contributed by atoms with Gasteiger partial charge in [0, 0.05) is 36.3 Å². The first-order valence-corrected chi connectivity index (χ1v) is 7.57. The van der Waals surface area contributed by atoms with Crippen LogP contribution < -0.4 is 0 Å². The predicted octanol–water partition coefficient (Wildman–Crippen LogP) is 2.40. The molecule has 20 heavy (non-hydrogen) atoms. The van der Waals surface area contributed by atoms with Gasteiger partial charge in [0.05, 0.1) is 10.9 Å². The van der Waals surface area contributed by atoms with Crippen LogP contribution in [0.5, 0.6) is 0 Å². The Hall–Kier alpha value is -1.69. The number of hydrogen-bond donors (Lipinski definition) is 1. The number of H-pyrrole nitrogens is 1. The van der Waals surface area contributed by atoms with Gasteiger partial charge in [-0.25, -0.2) is 9.97 Å². The number of nitrogens with zero attached hydrogens (tertiary/aromatic N) is 3. The van der Waals surface area contributed by atoms with Crippen molar-refractivity contribution in [1.82, 2.24) is 19.9 Å². The Labute approximate surface area is 122 Å². The van der Waals surface area contributed by atoms with E-state index >= 15 is 0 Å². The monoisotopic (exact) mass is 290 g/mol. The maximum Gasteiger partial charge on any atom is 0.273 e. The van der Waals surface area contributed by atoms with Crippen molar-refractivity contribution in [3.63, 3.8) is 0 Å². The molecular weight excluding hydrogens is 272 g/mol. The van der Waals surface area contributed by atoms with Crippen molar-refractivity contribution in [2.75, 3.05) is 13.1 Å². The second-order valence-electron chi connectivity index (χ2n) is 6.17. The minimum Gasteiger partial charge on any atom is -0.348 e. The molecule has 0 spiro atoms. The van der Waals surface area contributed by atoms with Gasteiger partial charge in [0.2, 0.25) is 0 Å². The zero-order valence-electron chi connectivity index (χ0n) is 11.9. The molecule has 2 aromatic rings. The lowest BCUT2D eigenvalue weighted by molar-refractivity contribution is 0.0590. The molecule has 2 aromatic heterocycles. The molecule has 5 nitrogen and oxygen atoms in total. The average molecular weight is 290 g/mol. The van der Waals surface area contributed by atoms with Crippen LogP contribution >= 0.6 is 11.3 Å². The summed E-state index contributed by atoms with van der Waals surface area (Å²) in [5.41, 5.74) is 0.562. The molecule has 3 heterocycles. The van der Waals surface area contributed by atoms with Crippen molar-refractivity contribution in [3.05, 3.63) is 34.3 Å². The molecule has 1 aliphatic heterocycles. The Bertz CT molecular complexity index is 605. The summed E-state index contributed by atoms with van der Waals surface area (Å²) in [4.78, 5) is 26.0. The number of hydrogen-bond acceptors (Lipinski definition) is 4. The van der Waals surface area contributed by atoms with Crippen LogP contribution in [-0.4, -0.2) is 38.8 Å². The Balaban J connectivity index is 1.65. The summed E-state index contributed by atoms with van der Waals surface area (Å²) in [6.45, 7) is 7.76. The molecule has 1 fully saturated rings. The number of aromatic amines is 1. The number of carbonyl (C=O) groups is 1. The van der Waals surface area contributed by atoms with Gasteiger partial charge in [0.15, 0.2) is 0 Å². The maximum atomic E-state index is 12.3. The topological polar surface area (TPSA) is 61.9 Å². The standard InChI is InChI=1S/C14H18N4OS/c1-14(2,3)13-17-10(8-20-13)12(19)18-6-9(7-18)11-15-4-5-16-11/h4-5,8-9H,6-7H2,1-3H3,(H,15,16). The van der Waals surface area contributed by atoms with Crippen LogP contribution in [-0.2, 0) is 5.41 Å². The van der Waals surface area contributed by atoms with Crippen LogP contribution in [0.1, 0.15) is 48.0 Å². The van der Waals surface area contributed by atoms with E-state index < -0.39 is 0 Å². The highest BCUT2D eigenvalue weighted by Crippen LogP contribution is 2.29. The molecule has 1 saturated heterocycles. The zero-order valence-corrected chi connectivity index (χ0v) is 12.7. The lowest BCUT2D eigenvalue weighted by atomic mass is 9.98. The molecule has 0 radical (unpaired) electrons. The van der Waals surface area contributed by atoms with Gasteiger partial charge in [-0.3, -0.25) is 4.79 Å². The van der Waals surface area contributed by atoms with E-state index in [-0.39, 0.29) is 11.3 Å². The fourth-order valence-corrected chi connectivity index (χ4v) is 3.08. The molecule has 0 aromatic carbocycles. The summed E-state index contributed by atoms with van der Waals surface area (Å²) in [5, 5.41) is 2.87.